The minimum absolute atomic E-state index is 0.0555. The third kappa shape index (κ3) is 3.50. The number of nitrogens with zero attached hydrogens (tertiary/aromatic N) is 4. The van der Waals surface area contributed by atoms with Crippen LogP contribution in [0.5, 0.6) is 0 Å². The van der Waals surface area contributed by atoms with Crippen LogP contribution in [0.3, 0.4) is 0 Å². The average molecular weight is 366 g/mol. The highest BCUT2D eigenvalue weighted by atomic mass is 35.5. The second-order valence-electron chi connectivity index (χ2n) is 5.57. The topological polar surface area (TPSA) is 103 Å². The summed E-state index contributed by atoms with van der Waals surface area (Å²) in [7, 11) is 0. The average Bonchev–Trinajstić information content (AvgIpc) is 2.94. The molecular weight excluding hydrogens is 353 g/mol. The molecule has 3 rings (SSSR count). The van der Waals surface area contributed by atoms with Crippen LogP contribution in [0.4, 0.5) is 10.3 Å². The summed E-state index contributed by atoms with van der Waals surface area (Å²) in [6.45, 7) is 3.39. The molecule has 0 spiro atoms. The molecule has 0 fully saturated rings. The monoisotopic (exact) mass is 365 g/mol. The zero-order valence-corrected chi connectivity index (χ0v) is 14.0. The lowest BCUT2D eigenvalue weighted by atomic mass is 10.1. The number of hydrogen-bond acceptors (Lipinski definition) is 6. The molecule has 0 aromatic carbocycles. The predicted molar refractivity (Wildman–Crippen MR) is 88.0 cm³/mol. The van der Waals surface area contributed by atoms with Gasteiger partial charge in [-0.2, -0.15) is 5.10 Å². The Kier molecular flexibility index (Phi) is 4.49. The van der Waals surface area contributed by atoms with E-state index in [1.165, 1.54) is 6.07 Å². The number of furan rings is 1. The normalized spacial score (nSPS) is 11.2. The molecule has 0 saturated heterocycles. The minimum atomic E-state index is -0.625. The highest BCUT2D eigenvalue weighted by Gasteiger charge is 2.19. The van der Waals surface area contributed by atoms with Crippen molar-refractivity contribution < 1.29 is 13.6 Å². The van der Waals surface area contributed by atoms with E-state index < -0.39 is 17.3 Å². The highest BCUT2D eigenvalue weighted by Crippen LogP contribution is 2.26. The van der Waals surface area contributed by atoms with Crippen molar-refractivity contribution >= 4 is 34.4 Å². The Morgan fingerprint density at radius 1 is 1.40 bits per heavy atom. The standard InChI is InChI=1S/C15H13ClFN5O3/c1-7(2)12-13-9(3-10(16)25-13)14(24)22(21-12)6-11(23)20-15-18-4-8(17)5-19-15/h3-5,7H,6H2,1-2H3,(H,18,19,20,23). The van der Waals surface area contributed by atoms with Crippen molar-refractivity contribution in [1.82, 2.24) is 19.7 Å². The molecule has 0 atom stereocenters. The number of amides is 1. The second-order valence-corrected chi connectivity index (χ2v) is 5.94. The Balaban J connectivity index is 1.92. The molecule has 0 saturated carbocycles. The summed E-state index contributed by atoms with van der Waals surface area (Å²) >= 11 is 5.84. The Bertz CT molecular complexity index is 997. The van der Waals surface area contributed by atoms with Gasteiger partial charge in [0, 0.05) is 12.0 Å². The van der Waals surface area contributed by atoms with Crippen molar-refractivity contribution in [2.45, 2.75) is 26.3 Å². The molecular formula is C15H13ClFN5O3. The SMILES string of the molecule is CC(C)c1nn(CC(=O)Nc2ncc(F)cn2)c(=O)c2cc(Cl)oc12. The molecule has 1 amide bonds. The molecule has 0 aliphatic rings. The van der Waals surface area contributed by atoms with E-state index in [1.807, 2.05) is 13.8 Å². The first kappa shape index (κ1) is 17.0. The first-order valence-electron chi connectivity index (χ1n) is 7.32. The number of carbonyl (C=O) groups is 1. The van der Waals surface area contributed by atoms with Gasteiger partial charge in [0.05, 0.1) is 17.8 Å². The zero-order chi connectivity index (χ0) is 18.1. The summed E-state index contributed by atoms with van der Waals surface area (Å²) in [6.07, 6.45) is 1.84. The Morgan fingerprint density at radius 2 is 2.08 bits per heavy atom. The summed E-state index contributed by atoms with van der Waals surface area (Å²) in [5, 5.41) is 6.88. The van der Waals surface area contributed by atoms with Gasteiger partial charge in [0.1, 0.15) is 12.2 Å². The van der Waals surface area contributed by atoms with Gasteiger partial charge in [0.15, 0.2) is 16.6 Å². The van der Waals surface area contributed by atoms with E-state index in [4.69, 9.17) is 16.0 Å². The van der Waals surface area contributed by atoms with Gasteiger partial charge in [0.25, 0.3) is 5.56 Å². The van der Waals surface area contributed by atoms with Gasteiger partial charge < -0.3 is 4.42 Å². The maximum atomic E-state index is 12.8. The third-order valence-electron chi connectivity index (χ3n) is 3.34. The van der Waals surface area contributed by atoms with Crippen LogP contribution in [-0.4, -0.2) is 25.7 Å². The zero-order valence-electron chi connectivity index (χ0n) is 13.3. The first-order valence-corrected chi connectivity index (χ1v) is 7.70. The number of nitrogens with one attached hydrogen (secondary N) is 1. The lowest BCUT2D eigenvalue weighted by Crippen LogP contribution is -2.31. The lowest BCUT2D eigenvalue weighted by molar-refractivity contribution is -0.117. The van der Waals surface area contributed by atoms with Gasteiger partial charge in [-0.15, -0.1) is 0 Å². The van der Waals surface area contributed by atoms with Crippen molar-refractivity contribution in [2.24, 2.45) is 0 Å². The van der Waals surface area contributed by atoms with Crippen LogP contribution in [-0.2, 0) is 11.3 Å². The molecule has 0 aliphatic heterocycles. The summed E-state index contributed by atoms with van der Waals surface area (Å²) in [4.78, 5) is 31.8. The number of halogens is 2. The van der Waals surface area contributed by atoms with E-state index in [0.717, 1.165) is 17.1 Å². The van der Waals surface area contributed by atoms with Crippen LogP contribution < -0.4 is 10.9 Å². The van der Waals surface area contributed by atoms with Gasteiger partial charge >= 0.3 is 0 Å². The first-order chi connectivity index (χ1) is 11.8. The van der Waals surface area contributed by atoms with Crippen molar-refractivity contribution in [3.63, 3.8) is 0 Å². The van der Waals surface area contributed by atoms with E-state index in [9.17, 15) is 14.0 Å². The van der Waals surface area contributed by atoms with Crippen LogP contribution in [0.25, 0.3) is 11.0 Å². The van der Waals surface area contributed by atoms with Gasteiger partial charge in [-0.3, -0.25) is 14.9 Å². The summed E-state index contributed by atoms with van der Waals surface area (Å²) < 4.78 is 19.1. The number of fused-ring (bicyclic) bond motifs is 1. The van der Waals surface area contributed by atoms with Gasteiger partial charge in [-0.1, -0.05) is 13.8 Å². The highest BCUT2D eigenvalue weighted by molar-refractivity contribution is 6.29. The van der Waals surface area contributed by atoms with Crippen molar-refractivity contribution in [1.29, 1.82) is 0 Å². The number of anilines is 1. The van der Waals surface area contributed by atoms with Crippen molar-refractivity contribution in [3.8, 4) is 0 Å². The number of hydrogen-bond donors (Lipinski definition) is 1. The van der Waals surface area contributed by atoms with Crippen LogP contribution in [0.2, 0.25) is 5.22 Å². The maximum absolute atomic E-state index is 12.8. The molecule has 25 heavy (non-hydrogen) atoms. The largest absolute Gasteiger partial charge is 0.442 e. The number of rotatable bonds is 4. The van der Waals surface area contributed by atoms with E-state index in [0.29, 0.717) is 11.3 Å². The summed E-state index contributed by atoms with van der Waals surface area (Å²) in [6, 6.07) is 1.39. The number of carbonyl (C=O) groups excluding carboxylic acids is 1. The van der Waals surface area contributed by atoms with Gasteiger partial charge in [0.2, 0.25) is 11.9 Å². The molecule has 1 N–H and O–H groups in total. The smallest absolute Gasteiger partial charge is 0.278 e. The molecule has 3 heterocycles. The fraction of sp³-hybridized carbons (Fsp3) is 0.267. The molecule has 3 aromatic rings. The Labute approximate surface area is 145 Å². The van der Waals surface area contributed by atoms with E-state index >= 15 is 0 Å². The molecule has 0 unspecified atom stereocenters. The molecule has 3 aromatic heterocycles. The molecule has 0 radical (unpaired) electrons. The van der Waals surface area contributed by atoms with Crippen molar-refractivity contribution in [2.75, 3.05) is 5.32 Å². The summed E-state index contributed by atoms with van der Waals surface area (Å²) in [5.41, 5.74) is 0.307. The van der Waals surface area contributed by atoms with E-state index in [2.05, 4.69) is 20.4 Å². The number of aromatic nitrogens is 4. The molecule has 8 nitrogen and oxygen atoms in total. The third-order valence-corrected chi connectivity index (χ3v) is 3.53. The maximum Gasteiger partial charge on any atom is 0.278 e. The Hall–Kier alpha value is -2.81. The fourth-order valence-electron chi connectivity index (χ4n) is 2.23. The van der Waals surface area contributed by atoms with Gasteiger partial charge in [-0.25, -0.2) is 19.0 Å². The minimum Gasteiger partial charge on any atom is -0.442 e. The van der Waals surface area contributed by atoms with Crippen LogP contribution >= 0.6 is 11.6 Å². The fourth-order valence-corrected chi connectivity index (χ4v) is 2.42. The molecule has 10 heteroatoms. The second kappa shape index (κ2) is 6.60. The van der Waals surface area contributed by atoms with Crippen LogP contribution in [0.1, 0.15) is 25.5 Å². The van der Waals surface area contributed by atoms with Crippen molar-refractivity contribution in [3.05, 3.63) is 45.5 Å². The summed E-state index contributed by atoms with van der Waals surface area (Å²) in [5.74, 6) is -1.33. The van der Waals surface area contributed by atoms with Crippen LogP contribution in [0, 0.1) is 5.82 Å². The Morgan fingerprint density at radius 3 is 2.72 bits per heavy atom. The molecule has 0 aliphatic carbocycles. The van der Waals surface area contributed by atoms with E-state index in [-0.39, 0.29) is 29.0 Å². The van der Waals surface area contributed by atoms with Gasteiger partial charge in [-0.05, 0) is 11.6 Å². The van der Waals surface area contributed by atoms with E-state index in [1.54, 1.807) is 0 Å². The van der Waals surface area contributed by atoms with Crippen LogP contribution in [0.15, 0.2) is 27.7 Å². The molecule has 0 bridgehead atoms. The predicted octanol–water partition coefficient (Wildman–Crippen LogP) is 2.33. The quantitative estimate of drug-likeness (QED) is 0.761. The lowest BCUT2D eigenvalue weighted by Gasteiger charge is -2.10. The molecule has 130 valence electrons.